The zero-order chi connectivity index (χ0) is 11.5. The van der Waals surface area contributed by atoms with Crippen molar-refractivity contribution in [3.05, 3.63) is 0 Å². The van der Waals surface area contributed by atoms with Crippen LogP contribution in [0.25, 0.3) is 0 Å². The standard InChI is InChI=1S/C10H15F3N2/c1-2-9(3-4-9)7-15-6-8(5-14)10(11,12)13/h8,15H,2-4,6-7H2,1H3. The molecule has 1 aliphatic rings. The van der Waals surface area contributed by atoms with Gasteiger partial charge in [-0.05, 0) is 24.7 Å². The van der Waals surface area contributed by atoms with Crippen molar-refractivity contribution in [1.29, 1.82) is 5.26 Å². The van der Waals surface area contributed by atoms with E-state index in [0.29, 0.717) is 6.54 Å². The second-order valence-electron chi connectivity index (χ2n) is 4.21. The number of nitrogens with one attached hydrogen (secondary N) is 1. The van der Waals surface area contributed by atoms with Crippen LogP contribution in [0.2, 0.25) is 0 Å². The molecule has 1 saturated carbocycles. The van der Waals surface area contributed by atoms with Gasteiger partial charge in [0.2, 0.25) is 0 Å². The first-order valence-corrected chi connectivity index (χ1v) is 5.10. The van der Waals surface area contributed by atoms with Gasteiger partial charge in [0, 0.05) is 13.1 Å². The monoisotopic (exact) mass is 220 g/mol. The Balaban J connectivity index is 2.27. The number of hydrogen-bond acceptors (Lipinski definition) is 2. The molecule has 1 fully saturated rings. The molecule has 86 valence electrons. The lowest BCUT2D eigenvalue weighted by Gasteiger charge is -2.17. The molecule has 5 heteroatoms. The molecule has 2 nitrogen and oxygen atoms in total. The Morgan fingerprint density at radius 2 is 2.07 bits per heavy atom. The Kier molecular flexibility index (Phi) is 3.61. The van der Waals surface area contributed by atoms with Crippen LogP contribution in [0.15, 0.2) is 0 Å². The third kappa shape index (κ3) is 3.38. The molecule has 0 radical (unpaired) electrons. The van der Waals surface area contributed by atoms with Crippen LogP contribution in [0.1, 0.15) is 26.2 Å². The lowest BCUT2D eigenvalue weighted by atomic mass is 10.0. The predicted molar refractivity (Wildman–Crippen MR) is 50.0 cm³/mol. The number of halogens is 3. The SMILES string of the molecule is CCC1(CNCC(C#N)C(F)(F)F)CC1. The number of alkyl halides is 3. The van der Waals surface area contributed by atoms with Gasteiger partial charge in [-0.2, -0.15) is 18.4 Å². The van der Waals surface area contributed by atoms with Crippen molar-refractivity contribution in [2.24, 2.45) is 11.3 Å². The molecule has 0 aliphatic heterocycles. The first-order valence-electron chi connectivity index (χ1n) is 5.10. The third-order valence-electron chi connectivity index (χ3n) is 3.11. The molecule has 15 heavy (non-hydrogen) atoms. The second-order valence-corrected chi connectivity index (χ2v) is 4.21. The van der Waals surface area contributed by atoms with E-state index >= 15 is 0 Å². The summed E-state index contributed by atoms with van der Waals surface area (Å²) in [6.07, 6.45) is -1.26. The minimum Gasteiger partial charge on any atom is -0.315 e. The van der Waals surface area contributed by atoms with Gasteiger partial charge in [-0.15, -0.1) is 0 Å². The van der Waals surface area contributed by atoms with E-state index in [1.54, 1.807) is 0 Å². The Morgan fingerprint density at radius 3 is 2.40 bits per heavy atom. The highest BCUT2D eigenvalue weighted by Gasteiger charge is 2.42. The van der Waals surface area contributed by atoms with Crippen LogP contribution in [-0.2, 0) is 0 Å². The van der Waals surface area contributed by atoms with Gasteiger partial charge in [-0.3, -0.25) is 0 Å². The third-order valence-corrected chi connectivity index (χ3v) is 3.11. The van der Waals surface area contributed by atoms with E-state index in [1.165, 1.54) is 6.07 Å². The van der Waals surface area contributed by atoms with Gasteiger partial charge in [0.15, 0.2) is 5.92 Å². The second kappa shape index (κ2) is 4.40. The van der Waals surface area contributed by atoms with Gasteiger partial charge in [0.05, 0.1) is 6.07 Å². The van der Waals surface area contributed by atoms with E-state index in [9.17, 15) is 13.2 Å². The van der Waals surface area contributed by atoms with Crippen molar-refractivity contribution >= 4 is 0 Å². The van der Waals surface area contributed by atoms with Crippen LogP contribution in [0.5, 0.6) is 0 Å². The van der Waals surface area contributed by atoms with E-state index < -0.39 is 12.1 Å². The molecule has 0 aromatic carbocycles. The number of hydrogen-bond donors (Lipinski definition) is 1. The molecular weight excluding hydrogens is 205 g/mol. The van der Waals surface area contributed by atoms with Crippen molar-refractivity contribution in [2.45, 2.75) is 32.4 Å². The van der Waals surface area contributed by atoms with Crippen LogP contribution < -0.4 is 5.32 Å². The molecular formula is C10H15F3N2. The van der Waals surface area contributed by atoms with E-state index in [-0.39, 0.29) is 12.0 Å². The average molecular weight is 220 g/mol. The lowest BCUT2D eigenvalue weighted by molar-refractivity contribution is -0.157. The first-order chi connectivity index (χ1) is 6.93. The summed E-state index contributed by atoms with van der Waals surface area (Å²) < 4.78 is 36.5. The largest absolute Gasteiger partial charge is 0.405 e. The van der Waals surface area contributed by atoms with Crippen molar-refractivity contribution in [1.82, 2.24) is 5.32 Å². The summed E-state index contributed by atoms with van der Waals surface area (Å²) in [4.78, 5) is 0. The molecule has 1 N–H and O–H groups in total. The van der Waals surface area contributed by atoms with Crippen LogP contribution >= 0.6 is 0 Å². The normalized spacial score (nSPS) is 20.7. The summed E-state index contributed by atoms with van der Waals surface area (Å²) in [6, 6.07) is 1.28. The summed E-state index contributed by atoms with van der Waals surface area (Å²) in [6.45, 7) is 2.35. The summed E-state index contributed by atoms with van der Waals surface area (Å²) in [7, 11) is 0. The molecule has 0 aromatic rings. The van der Waals surface area contributed by atoms with Gasteiger partial charge >= 0.3 is 6.18 Å². The molecule has 0 bridgehead atoms. The van der Waals surface area contributed by atoms with Crippen molar-refractivity contribution < 1.29 is 13.2 Å². The highest BCUT2D eigenvalue weighted by Crippen LogP contribution is 2.47. The summed E-state index contributed by atoms with van der Waals surface area (Å²) in [5.41, 5.74) is 0.214. The summed E-state index contributed by atoms with van der Waals surface area (Å²) in [5, 5.41) is 11.1. The topological polar surface area (TPSA) is 35.8 Å². The Bertz CT molecular complexity index is 250. The van der Waals surface area contributed by atoms with E-state index in [0.717, 1.165) is 19.3 Å². The van der Waals surface area contributed by atoms with Gasteiger partial charge < -0.3 is 5.32 Å². The first kappa shape index (κ1) is 12.3. The van der Waals surface area contributed by atoms with Gasteiger partial charge in [0.1, 0.15) is 0 Å². The Hall–Kier alpha value is -0.760. The molecule has 0 saturated heterocycles. The fraction of sp³-hybridized carbons (Fsp3) is 0.900. The highest BCUT2D eigenvalue weighted by atomic mass is 19.4. The number of nitriles is 1. The van der Waals surface area contributed by atoms with Crippen LogP contribution in [0.3, 0.4) is 0 Å². The van der Waals surface area contributed by atoms with Crippen molar-refractivity contribution in [3.63, 3.8) is 0 Å². The van der Waals surface area contributed by atoms with Crippen molar-refractivity contribution in [2.75, 3.05) is 13.1 Å². The van der Waals surface area contributed by atoms with E-state index in [2.05, 4.69) is 5.32 Å². The van der Waals surface area contributed by atoms with Gasteiger partial charge in [-0.1, -0.05) is 6.92 Å². The molecule has 0 heterocycles. The Morgan fingerprint density at radius 1 is 1.47 bits per heavy atom. The zero-order valence-corrected chi connectivity index (χ0v) is 8.69. The Labute approximate surface area is 87.5 Å². The van der Waals surface area contributed by atoms with Crippen LogP contribution in [-0.4, -0.2) is 19.3 Å². The van der Waals surface area contributed by atoms with Crippen molar-refractivity contribution in [3.8, 4) is 6.07 Å². The molecule has 0 amide bonds. The van der Waals surface area contributed by atoms with E-state index in [1.807, 2.05) is 6.92 Å². The van der Waals surface area contributed by atoms with Crippen LogP contribution in [0.4, 0.5) is 13.2 Å². The molecule has 0 aromatic heterocycles. The average Bonchev–Trinajstić information content (AvgIpc) is 2.91. The lowest BCUT2D eigenvalue weighted by Crippen LogP contribution is -2.35. The fourth-order valence-electron chi connectivity index (χ4n) is 1.55. The summed E-state index contributed by atoms with van der Waals surface area (Å²) in [5.74, 6) is -1.88. The zero-order valence-electron chi connectivity index (χ0n) is 8.69. The molecule has 1 unspecified atom stereocenters. The smallest absolute Gasteiger partial charge is 0.315 e. The maximum Gasteiger partial charge on any atom is 0.405 e. The maximum absolute atomic E-state index is 12.2. The van der Waals surface area contributed by atoms with Crippen LogP contribution in [0, 0.1) is 22.7 Å². The van der Waals surface area contributed by atoms with Gasteiger partial charge in [0.25, 0.3) is 0 Å². The number of nitrogens with zero attached hydrogens (tertiary/aromatic N) is 1. The molecule has 1 atom stereocenters. The van der Waals surface area contributed by atoms with Gasteiger partial charge in [-0.25, -0.2) is 0 Å². The highest BCUT2D eigenvalue weighted by molar-refractivity contribution is 4.95. The maximum atomic E-state index is 12.2. The predicted octanol–water partition coefficient (Wildman–Crippen LogP) is 2.47. The molecule has 0 spiro atoms. The molecule has 1 rings (SSSR count). The quantitative estimate of drug-likeness (QED) is 0.772. The summed E-state index contributed by atoms with van der Waals surface area (Å²) >= 11 is 0. The minimum absolute atomic E-state index is 0.214. The number of rotatable bonds is 5. The minimum atomic E-state index is -4.41. The molecule has 1 aliphatic carbocycles. The van der Waals surface area contributed by atoms with E-state index in [4.69, 9.17) is 5.26 Å². The fourth-order valence-corrected chi connectivity index (χ4v) is 1.55.